The molecular formula is C7H11NO4. The van der Waals surface area contributed by atoms with Crippen LogP contribution in [0.25, 0.3) is 0 Å². The number of esters is 2. The molecule has 0 spiro atoms. The Bertz CT molecular complexity index is 180. The zero-order valence-corrected chi connectivity index (χ0v) is 7.05. The minimum absolute atomic E-state index is 0.140. The van der Waals surface area contributed by atoms with Crippen LogP contribution < -0.4 is 0 Å². The molecule has 1 N–H and O–H groups in total. The Labute approximate surface area is 70.2 Å². The Hall–Kier alpha value is -1.39. The first kappa shape index (κ1) is 10.6. The number of rotatable bonds is 4. The maximum Gasteiger partial charge on any atom is 0.363 e. The molecule has 0 bridgehead atoms. The summed E-state index contributed by atoms with van der Waals surface area (Å²) in [6.07, 6.45) is 0. The van der Waals surface area contributed by atoms with Gasteiger partial charge in [0.1, 0.15) is 0 Å². The second kappa shape index (κ2) is 5.29. The quantitative estimate of drug-likeness (QED) is 0.372. The Morgan fingerprint density at radius 1 is 1.08 bits per heavy atom. The predicted molar refractivity (Wildman–Crippen MR) is 41.0 cm³/mol. The van der Waals surface area contributed by atoms with Gasteiger partial charge in [0.05, 0.1) is 13.2 Å². The van der Waals surface area contributed by atoms with Gasteiger partial charge in [-0.25, -0.2) is 9.59 Å². The number of hydrogen-bond acceptors (Lipinski definition) is 5. The van der Waals surface area contributed by atoms with Gasteiger partial charge in [0.15, 0.2) is 0 Å². The van der Waals surface area contributed by atoms with E-state index in [4.69, 9.17) is 5.41 Å². The molecule has 0 radical (unpaired) electrons. The van der Waals surface area contributed by atoms with Gasteiger partial charge in [-0.2, -0.15) is 0 Å². The zero-order chi connectivity index (χ0) is 9.56. The third kappa shape index (κ3) is 3.14. The van der Waals surface area contributed by atoms with Crippen LogP contribution in [0.15, 0.2) is 0 Å². The molecule has 5 heteroatoms. The number of ether oxygens (including phenoxy) is 2. The van der Waals surface area contributed by atoms with Crippen LogP contribution in [0.2, 0.25) is 0 Å². The Kier molecular flexibility index (Phi) is 4.67. The highest BCUT2D eigenvalue weighted by Crippen LogP contribution is 1.86. The van der Waals surface area contributed by atoms with Crippen molar-refractivity contribution in [1.82, 2.24) is 0 Å². The molecular weight excluding hydrogens is 162 g/mol. The van der Waals surface area contributed by atoms with E-state index in [0.717, 1.165) is 0 Å². The second-order valence-corrected chi connectivity index (χ2v) is 1.82. The molecule has 0 aromatic rings. The van der Waals surface area contributed by atoms with Crippen molar-refractivity contribution < 1.29 is 19.1 Å². The van der Waals surface area contributed by atoms with Gasteiger partial charge in [0.25, 0.3) is 0 Å². The van der Waals surface area contributed by atoms with Crippen molar-refractivity contribution in [3.05, 3.63) is 0 Å². The molecule has 68 valence electrons. The summed E-state index contributed by atoms with van der Waals surface area (Å²) in [6.45, 7) is 3.47. The van der Waals surface area contributed by atoms with Crippen molar-refractivity contribution in [2.24, 2.45) is 0 Å². The zero-order valence-electron chi connectivity index (χ0n) is 7.05. The molecule has 0 saturated heterocycles. The Morgan fingerprint density at radius 3 is 1.67 bits per heavy atom. The van der Waals surface area contributed by atoms with E-state index >= 15 is 0 Å². The van der Waals surface area contributed by atoms with E-state index in [0.29, 0.717) is 0 Å². The fourth-order valence-corrected chi connectivity index (χ4v) is 0.490. The predicted octanol–water partition coefficient (Wildman–Crippen LogP) is 0.132. The number of hydrogen-bond donors (Lipinski definition) is 1. The number of carbonyl (C=O) groups excluding carboxylic acids is 2. The maximum atomic E-state index is 10.7. The van der Waals surface area contributed by atoms with Crippen molar-refractivity contribution in [2.45, 2.75) is 13.8 Å². The highest BCUT2D eigenvalue weighted by atomic mass is 16.6. The first-order valence-corrected chi connectivity index (χ1v) is 3.56. The van der Waals surface area contributed by atoms with Crippen molar-refractivity contribution in [1.29, 1.82) is 5.41 Å². The van der Waals surface area contributed by atoms with Crippen LogP contribution in [-0.4, -0.2) is 30.9 Å². The molecule has 12 heavy (non-hydrogen) atoms. The lowest BCUT2D eigenvalue weighted by Crippen LogP contribution is -2.27. The van der Waals surface area contributed by atoms with Crippen molar-refractivity contribution in [3.63, 3.8) is 0 Å². The molecule has 0 aromatic carbocycles. The average Bonchev–Trinajstić information content (AvgIpc) is 2.04. The summed E-state index contributed by atoms with van der Waals surface area (Å²) in [6, 6.07) is 0. The van der Waals surface area contributed by atoms with Crippen LogP contribution >= 0.6 is 0 Å². The topological polar surface area (TPSA) is 76.5 Å². The van der Waals surface area contributed by atoms with Crippen molar-refractivity contribution in [3.8, 4) is 0 Å². The summed E-state index contributed by atoms with van der Waals surface area (Å²) in [5.74, 6) is -1.90. The fraction of sp³-hybridized carbons (Fsp3) is 0.571. The van der Waals surface area contributed by atoms with E-state index in [2.05, 4.69) is 9.47 Å². The first-order chi connectivity index (χ1) is 5.63. The highest BCUT2D eigenvalue weighted by molar-refractivity contribution is 6.61. The summed E-state index contributed by atoms with van der Waals surface area (Å²) in [5.41, 5.74) is -0.765. The van der Waals surface area contributed by atoms with Gasteiger partial charge < -0.3 is 9.47 Å². The van der Waals surface area contributed by atoms with Crippen LogP contribution in [0.4, 0.5) is 0 Å². The van der Waals surface area contributed by atoms with Crippen LogP contribution in [0, 0.1) is 5.41 Å². The lowest BCUT2D eigenvalue weighted by molar-refractivity contribution is -0.140. The standard InChI is InChI=1S/C7H11NO4/c1-3-11-6(9)5(8)7(10)12-4-2/h8H,3-4H2,1-2H3. The lowest BCUT2D eigenvalue weighted by atomic mass is 10.4. The first-order valence-electron chi connectivity index (χ1n) is 3.56. The number of nitrogens with one attached hydrogen (secondary N) is 1. The van der Waals surface area contributed by atoms with Crippen LogP contribution in [0.1, 0.15) is 13.8 Å². The molecule has 0 atom stereocenters. The van der Waals surface area contributed by atoms with Crippen LogP contribution in [0.3, 0.4) is 0 Å². The monoisotopic (exact) mass is 173 g/mol. The average molecular weight is 173 g/mol. The Morgan fingerprint density at radius 2 is 1.42 bits per heavy atom. The molecule has 0 fully saturated rings. The summed E-state index contributed by atoms with van der Waals surface area (Å²) < 4.78 is 8.81. The van der Waals surface area contributed by atoms with Gasteiger partial charge in [0, 0.05) is 0 Å². The van der Waals surface area contributed by atoms with Crippen LogP contribution in [0.5, 0.6) is 0 Å². The van der Waals surface area contributed by atoms with Gasteiger partial charge in [-0.1, -0.05) is 0 Å². The number of carbonyl (C=O) groups is 2. The van der Waals surface area contributed by atoms with Gasteiger partial charge >= 0.3 is 11.9 Å². The maximum absolute atomic E-state index is 10.7. The van der Waals surface area contributed by atoms with E-state index in [1.807, 2.05) is 0 Å². The summed E-state index contributed by atoms with van der Waals surface area (Å²) in [5, 5.41) is 6.96. The molecule has 0 amide bonds. The molecule has 0 rings (SSSR count). The highest BCUT2D eigenvalue weighted by Gasteiger charge is 2.20. The fourth-order valence-electron chi connectivity index (χ4n) is 0.490. The van der Waals surface area contributed by atoms with Gasteiger partial charge in [0.2, 0.25) is 5.71 Å². The molecule has 0 saturated carbocycles. The summed E-state index contributed by atoms with van der Waals surface area (Å²) in [7, 11) is 0. The van der Waals surface area contributed by atoms with E-state index in [9.17, 15) is 9.59 Å². The SMILES string of the molecule is CCOC(=O)C(=N)C(=O)OCC. The lowest BCUT2D eigenvalue weighted by Gasteiger charge is -2.02. The van der Waals surface area contributed by atoms with Crippen LogP contribution in [-0.2, 0) is 19.1 Å². The van der Waals surface area contributed by atoms with Gasteiger partial charge in [-0.05, 0) is 13.8 Å². The van der Waals surface area contributed by atoms with E-state index in [-0.39, 0.29) is 13.2 Å². The summed E-state index contributed by atoms with van der Waals surface area (Å²) >= 11 is 0. The molecule has 0 aromatic heterocycles. The minimum atomic E-state index is -0.948. The minimum Gasteiger partial charge on any atom is -0.461 e. The normalized spacial score (nSPS) is 8.83. The van der Waals surface area contributed by atoms with Gasteiger partial charge in [-0.3, -0.25) is 5.41 Å². The van der Waals surface area contributed by atoms with Crippen molar-refractivity contribution in [2.75, 3.05) is 13.2 Å². The van der Waals surface area contributed by atoms with E-state index in [1.165, 1.54) is 0 Å². The summed E-state index contributed by atoms with van der Waals surface area (Å²) in [4.78, 5) is 21.4. The molecule has 0 heterocycles. The molecule has 0 unspecified atom stereocenters. The molecule has 0 aliphatic rings. The third-order valence-electron chi connectivity index (χ3n) is 0.959. The molecule has 0 aliphatic heterocycles. The van der Waals surface area contributed by atoms with E-state index < -0.39 is 17.7 Å². The van der Waals surface area contributed by atoms with Gasteiger partial charge in [-0.15, -0.1) is 0 Å². The third-order valence-corrected chi connectivity index (χ3v) is 0.959. The van der Waals surface area contributed by atoms with E-state index in [1.54, 1.807) is 13.8 Å². The smallest absolute Gasteiger partial charge is 0.363 e. The molecule has 5 nitrogen and oxygen atoms in total. The molecule has 0 aliphatic carbocycles. The van der Waals surface area contributed by atoms with Crippen molar-refractivity contribution >= 4 is 17.7 Å². The Balaban J connectivity index is 4.01. The second-order valence-electron chi connectivity index (χ2n) is 1.82. The largest absolute Gasteiger partial charge is 0.461 e.